The topological polar surface area (TPSA) is 20.2 Å². The zero-order valence-corrected chi connectivity index (χ0v) is 8.10. The Labute approximate surface area is 78.2 Å². The lowest BCUT2D eigenvalue weighted by Crippen LogP contribution is -1.95. The van der Waals surface area contributed by atoms with Crippen LogP contribution in [0.25, 0.3) is 0 Å². The molecule has 1 N–H and O–H groups in total. The van der Waals surface area contributed by atoms with Crippen molar-refractivity contribution >= 4 is 0 Å². The van der Waals surface area contributed by atoms with Crippen LogP contribution in [-0.4, -0.2) is 11.7 Å². The fraction of sp³-hybridized carbons (Fsp3) is 0.455. The number of hydrogen-bond donors (Lipinski definition) is 1. The Morgan fingerprint density at radius 2 is 1.92 bits per heavy atom. The number of aliphatic hydroxyl groups is 1. The first-order chi connectivity index (χ1) is 6.15. The molecule has 0 radical (unpaired) electrons. The maximum absolute atomic E-state index is 13.0. The van der Waals surface area contributed by atoms with Gasteiger partial charge in [0.05, 0.1) is 0 Å². The lowest BCUT2D eigenvalue weighted by molar-refractivity contribution is 0.288. The second-order valence-electron chi connectivity index (χ2n) is 3.36. The number of aryl methyl sites for hydroxylation is 3. The molecule has 0 amide bonds. The van der Waals surface area contributed by atoms with Gasteiger partial charge in [-0.25, -0.2) is 4.39 Å². The maximum Gasteiger partial charge on any atom is 0.126 e. The summed E-state index contributed by atoms with van der Waals surface area (Å²) in [7, 11) is 0. The van der Waals surface area contributed by atoms with E-state index in [2.05, 4.69) is 0 Å². The number of rotatable bonds is 3. The second-order valence-corrected chi connectivity index (χ2v) is 3.36. The third-order valence-corrected chi connectivity index (χ3v) is 2.22. The van der Waals surface area contributed by atoms with E-state index in [-0.39, 0.29) is 12.4 Å². The summed E-state index contributed by atoms with van der Waals surface area (Å²) in [5, 5.41) is 8.67. The van der Waals surface area contributed by atoms with Gasteiger partial charge in [0, 0.05) is 6.61 Å². The van der Waals surface area contributed by atoms with Crippen LogP contribution >= 0.6 is 0 Å². The van der Waals surface area contributed by atoms with Gasteiger partial charge in [0.15, 0.2) is 0 Å². The summed E-state index contributed by atoms with van der Waals surface area (Å²) in [6.07, 6.45) is 1.56. The van der Waals surface area contributed by atoms with Gasteiger partial charge in [0.25, 0.3) is 0 Å². The third-order valence-electron chi connectivity index (χ3n) is 2.22. The number of halogens is 1. The van der Waals surface area contributed by atoms with Crippen molar-refractivity contribution in [2.45, 2.75) is 26.7 Å². The fourth-order valence-corrected chi connectivity index (χ4v) is 1.38. The van der Waals surface area contributed by atoms with Crippen LogP contribution in [-0.2, 0) is 6.42 Å². The normalized spacial score (nSPS) is 10.5. The highest BCUT2D eigenvalue weighted by Gasteiger charge is 2.03. The molecule has 0 saturated carbocycles. The molecule has 0 bridgehead atoms. The molecule has 0 aliphatic carbocycles. The van der Waals surface area contributed by atoms with Gasteiger partial charge in [-0.15, -0.1) is 0 Å². The van der Waals surface area contributed by atoms with Crippen LogP contribution in [0.3, 0.4) is 0 Å². The minimum atomic E-state index is -0.148. The fourth-order valence-electron chi connectivity index (χ4n) is 1.38. The van der Waals surface area contributed by atoms with Crippen LogP contribution < -0.4 is 0 Å². The summed E-state index contributed by atoms with van der Waals surface area (Å²) in [5.74, 6) is -0.148. The van der Waals surface area contributed by atoms with Crippen molar-refractivity contribution in [2.24, 2.45) is 0 Å². The average Bonchev–Trinajstić information content (AvgIpc) is 2.09. The lowest BCUT2D eigenvalue weighted by Gasteiger charge is -2.06. The van der Waals surface area contributed by atoms with Crippen molar-refractivity contribution < 1.29 is 9.50 Å². The van der Waals surface area contributed by atoms with Crippen LogP contribution in [0.5, 0.6) is 0 Å². The summed E-state index contributed by atoms with van der Waals surface area (Å²) in [6, 6.07) is 3.42. The highest BCUT2D eigenvalue weighted by Crippen LogP contribution is 2.15. The Morgan fingerprint density at radius 3 is 2.54 bits per heavy atom. The summed E-state index contributed by atoms with van der Waals surface area (Å²) in [5.41, 5.74) is 2.78. The predicted molar refractivity (Wildman–Crippen MR) is 51.3 cm³/mol. The van der Waals surface area contributed by atoms with Crippen LogP contribution in [0.2, 0.25) is 0 Å². The monoisotopic (exact) mass is 182 g/mol. The number of hydrogen-bond acceptors (Lipinski definition) is 1. The van der Waals surface area contributed by atoms with Gasteiger partial charge in [0.2, 0.25) is 0 Å². The van der Waals surface area contributed by atoms with Gasteiger partial charge in [-0.05, 0) is 49.4 Å². The molecule has 0 aromatic heterocycles. The Hall–Kier alpha value is -0.890. The van der Waals surface area contributed by atoms with Crippen LogP contribution in [0, 0.1) is 19.7 Å². The van der Waals surface area contributed by atoms with E-state index < -0.39 is 0 Å². The van der Waals surface area contributed by atoms with E-state index in [4.69, 9.17) is 5.11 Å². The van der Waals surface area contributed by atoms with Crippen molar-refractivity contribution in [1.29, 1.82) is 0 Å². The van der Waals surface area contributed by atoms with E-state index in [1.54, 1.807) is 13.0 Å². The standard InChI is InChI=1S/C11H15FO/c1-8-7-11(12)9(2)6-10(8)4-3-5-13/h6-7,13H,3-5H2,1-2H3. The average molecular weight is 182 g/mol. The minimum Gasteiger partial charge on any atom is -0.396 e. The van der Waals surface area contributed by atoms with Gasteiger partial charge >= 0.3 is 0 Å². The number of aliphatic hydroxyl groups excluding tert-OH is 1. The van der Waals surface area contributed by atoms with E-state index in [0.29, 0.717) is 5.56 Å². The Kier molecular flexibility index (Phi) is 3.43. The quantitative estimate of drug-likeness (QED) is 0.760. The molecule has 0 aliphatic heterocycles. The van der Waals surface area contributed by atoms with E-state index in [9.17, 15) is 4.39 Å². The van der Waals surface area contributed by atoms with Crippen LogP contribution in [0.1, 0.15) is 23.1 Å². The molecule has 0 spiro atoms. The van der Waals surface area contributed by atoms with Crippen molar-refractivity contribution in [3.05, 3.63) is 34.6 Å². The summed E-state index contributed by atoms with van der Waals surface area (Å²) in [4.78, 5) is 0. The molecule has 72 valence electrons. The van der Waals surface area contributed by atoms with Crippen LogP contribution in [0.4, 0.5) is 4.39 Å². The maximum atomic E-state index is 13.0. The summed E-state index contributed by atoms with van der Waals surface area (Å²) >= 11 is 0. The van der Waals surface area contributed by atoms with Crippen molar-refractivity contribution in [1.82, 2.24) is 0 Å². The van der Waals surface area contributed by atoms with Crippen molar-refractivity contribution in [3.8, 4) is 0 Å². The molecule has 0 unspecified atom stereocenters. The lowest BCUT2D eigenvalue weighted by atomic mass is 10.0. The smallest absolute Gasteiger partial charge is 0.126 e. The van der Waals surface area contributed by atoms with Gasteiger partial charge < -0.3 is 5.11 Å². The molecule has 1 rings (SSSR count). The molecule has 1 nitrogen and oxygen atoms in total. The molecule has 13 heavy (non-hydrogen) atoms. The van der Waals surface area contributed by atoms with Gasteiger partial charge in [-0.3, -0.25) is 0 Å². The van der Waals surface area contributed by atoms with Crippen LogP contribution in [0.15, 0.2) is 12.1 Å². The molecular weight excluding hydrogens is 167 g/mol. The molecule has 0 saturated heterocycles. The minimum absolute atomic E-state index is 0.148. The number of benzene rings is 1. The zero-order chi connectivity index (χ0) is 9.84. The second kappa shape index (κ2) is 4.38. The molecule has 0 heterocycles. The van der Waals surface area contributed by atoms with Gasteiger partial charge in [-0.2, -0.15) is 0 Å². The Morgan fingerprint density at radius 1 is 1.23 bits per heavy atom. The predicted octanol–water partition coefficient (Wildman–Crippen LogP) is 2.37. The van der Waals surface area contributed by atoms with Gasteiger partial charge in [0.1, 0.15) is 5.82 Å². The van der Waals surface area contributed by atoms with Crippen molar-refractivity contribution in [3.63, 3.8) is 0 Å². The molecular formula is C11H15FO. The zero-order valence-electron chi connectivity index (χ0n) is 8.10. The molecule has 0 fully saturated rings. The Bertz CT molecular complexity index is 294. The van der Waals surface area contributed by atoms with Gasteiger partial charge in [-0.1, -0.05) is 6.07 Å². The first-order valence-electron chi connectivity index (χ1n) is 4.51. The van der Waals surface area contributed by atoms with E-state index in [0.717, 1.165) is 24.0 Å². The summed E-state index contributed by atoms with van der Waals surface area (Å²) < 4.78 is 13.0. The van der Waals surface area contributed by atoms with E-state index in [1.807, 2.05) is 13.0 Å². The Balaban J connectivity index is 2.88. The first kappa shape index (κ1) is 10.2. The highest BCUT2D eigenvalue weighted by atomic mass is 19.1. The van der Waals surface area contributed by atoms with Crippen molar-refractivity contribution in [2.75, 3.05) is 6.61 Å². The molecule has 0 aliphatic rings. The van der Waals surface area contributed by atoms with E-state index >= 15 is 0 Å². The molecule has 0 atom stereocenters. The largest absolute Gasteiger partial charge is 0.396 e. The SMILES string of the molecule is Cc1cc(CCCO)c(C)cc1F. The highest BCUT2D eigenvalue weighted by molar-refractivity contribution is 5.31. The third kappa shape index (κ3) is 2.52. The molecule has 1 aromatic rings. The molecule has 2 heteroatoms. The van der Waals surface area contributed by atoms with E-state index in [1.165, 1.54) is 0 Å². The first-order valence-corrected chi connectivity index (χ1v) is 4.51. The summed E-state index contributed by atoms with van der Waals surface area (Å²) in [6.45, 7) is 3.85. The molecule has 1 aromatic carbocycles.